The van der Waals surface area contributed by atoms with Gasteiger partial charge in [-0.2, -0.15) is 0 Å². The Morgan fingerprint density at radius 1 is 0.881 bits per heavy atom. The second-order valence-corrected chi connectivity index (χ2v) is 17.6. The van der Waals surface area contributed by atoms with E-state index in [4.69, 9.17) is 43.3 Å². The van der Waals surface area contributed by atoms with E-state index in [1.807, 2.05) is 73.7 Å². The van der Waals surface area contributed by atoms with Crippen LogP contribution in [0.3, 0.4) is 0 Å². The smallest absolute Gasteiger partial charge is 0.378 e. The molecule has 11 nitrogen and oxygen atoms in total. The lowest BCUT2D eigenvalue weighted by atomic mass is 9.90. The average Bonchev–Trinajstić information content (AvgIpc) is 3.62. The molecule has 0 aliphatic carbocycles. The summed E-state index contributed by atoms with van der Waals surface area (Å²) in [6.07, 6.45) is 0.650. The molecule has 2 fully saturated rings. The molecule has 2 saturated heterocycles. The molecule has 4 atom stereocenters. The summed E-state index contributed by atoms with van der Waals surface area (Å²) in [5.41, 5.74) is 2.48. The number of ether oxygens (including phenoxy) is 4. The Labute approximate surface area is 358 Å². The van der Waals surface area contributed by atoms with Gasteiger partial charge in [-0.15, -0.1) is 23.5 Å². The minimum absolute atomic E-state index is 0.0361. The topological polar surface area (TPSA) is 135 Å². The third-order valence-electron chi connectivity index (χ3n) is 10.3. The van der Waals surface area contributed by atoms with Gasteiger partial charge < -0.3 is 28.5 Å². The summed E-state index contributed by atoms with van der Waals surface area (Å²) < 4.78 is 26.2. The maximum atomic E-state index is 13.8. The van der Waals surface area contributed by atoms with Crippen LogP contribution in [0.2, 0.25) is 5.02 Å². The minimum Gasteiger partial charge on any atom is -0.542 e. The second-order valence-electron chi connectivity index (χ2n) is 14.2. The van der Waals surface area contributed by atoms with Crippen LogP contribution in [0.1, 0.15) is 53.2 Å². The van der Waals surface area contributed by atoms with E-state index in [0.717, 1.165) is 16.7 Å². The van der Waals surface area contributed by atoms with Gasteiger partial charge in [-0.3, -0.25) is 24.0 Å². The van der Waals surface area contributed by atoms with Gasteiger partial charge in [0.05, 0.1) is 37.1 Å². The highest BCUT2D eigenvalue weighted by molar-refractivity contribution is 8.20. The van der Waals surface area contributed by atoms with Crippen molar-refractivity contribution in [3.05, 3.63) is 118 Å². The Balaban J connectivity index is 1.12. The van der Waals surface area contributed by atoms with Crippen LogP contribution < -0.4 is 18.9 Å². The van der Waals surface area contributed by atoms with Crippen molar-refractivity contribution >= 4 is 72.4 Å². The van der Waals surface area contributed by atoms with Gasteiger partial charge >= 0.3 is 14.0 Å². The Kier molecular flexibility index (Phi) is 14.7. The Morgan fingerprint density at radius 3 is 2.10 bits per heavy atom. The molecular weight excluding hydrogens is 813 g/mol. The predicted molar refractivity (Wildman–Crippen MR) is 227 cm³/mol. The van der Waals surface area contributed by atoms with Gasteiger partial charge in [0.1, 0.15) is 30.5 Å². The highest BCUT2D eigenvalue weighted by atomic mass is 35.5. The number of fused-ring (bicyclic) bond motifs is 1. The van der Waals surface area contributed by atoms with E-state index in [2.05, 4.69) is 0 Å². The number of ketones is 3. The SMILES string of the molecule is [B]OC(=O)[C@@]1(SC[C@@H](CC)CC(=O)C(=O)c2ccc(OCc3ccc(OC)cc3)c(OCc3ccc(OC)cc3)c2Cl)CN2C(=O)C(CC(=O)Cc3ccccc3)[C@H]2S1. The maximum Gasteiger partial charge on any atom is 0.378 e. The molecular formula is C44H43BClNO10S2. The van der Waals surface area contributed by atoms with Gasteiger partial charge in [-0.25, -0.2) is 0 Å². The van der Waals surface area contributed by atoms with E-state index in [1.165, 1.54) is 29.6 Å². The van der Waals surface area contributed by atoms with Crippen LogP contribution in [0.15, 0.2) is 91.0 Å². The van der Waals surface area contributed by atoms with Crippen molar-refractivity contribution in [1.82, 2.24) is 4.90 Å². The lowest BCUT2D eigenvalue weighted by molar-refractivity contribution is -0.152. The number of amides is 1. The molecule has 4 aromatic rings. The van der Waals surface area contributed by atoms with Crippen LogP contribution in [0.25, 0.3) is 0 Å². The van der Waals surface area contributed by atoms with Crippen LogP contribution in [0.4, 0.5) is 0 Å². The van der Waals surface area contributed by atoms with Crippen LogP contribution in [-0.2, 0) is 43.5 Å². The van der Waals surface area contributed by atoms with E-state index < -0.39 is 32.9 Å². The Morgan fingerprint density at radius 2 is 1.51 bits per heavy atom. The molecule has 2 aliphatic heterocycles. The lowest BCUT2D eigenvalue weighted by Crippen LogP contribution is -2.57. The van der Waals surface area contributed by atoms with Crippen molar-refractivity contribution in [2.75, 3.05) is 26.5 Å². The quantitative estimate of drug-likeness (QED) is 0.0356. The summed E-state index contributed by atoms with van der Waals surface area (Å²) in [5.74, 6) is -1.30. The fourth-order valence-corrected chi connectivity index (χ4v) is 10.6. The van der Waals surface area contributed by atoms with Gasteiger partial charge in [0.2, 0.25) is 17.5 Å². The number of rotatable bonds is 21. The third kappa shape index (κ3) is 10.3. The fraction of sp³-hybridized carbons (Fsp3) is 0.341. The summed E-state index contributed by atoms with van der Waals surface area (Å²) in [6.45, 7) is 2.18. The molecule has 2 heterocycles. The highest BCUT2D eigenvalue weighted by Gasteiger charge is 2.62. The van der Waals surface area contributed by atoms with Gasteiger partial charge in [0.25, 0.3) is 0 Å². The van der Waals surface area contributed by atoms with Crippen LogP contribution in [-0.4, -0.2) is 78.1 Å². The molecule has 2 radical (unpaired) electrons. The number of benzene rings is 4. The number of hydrogen-bond acceptors (Lipinski definition) is 12. The fourth-order valence-electron chi connectivity index (χ4n) is 6.84. The van der Waals surface area contributed by atoms with Crippen molar-refractivity contribution in [2.24, 2.45) is 11.8 Å². The summed E-state index contributed by atoms with van der Waals surface area (Å²) in [5, 5.41) is -0.465. The first-order valence-electron chi connectivity index (χ1n) is 19.0. The van der Waals surface area contributed by atoms with Crippen molar-refractivity contribution in [1.29, 1.82) is 0 Å². The van der Waals surface area contributed by atoms with Gasteiger partial charge in [-0.1, -0.05) is 79.5 Å². The highest BCUT2D eigenvalue weighted by Crippen LogP contribution is 2.56. The third-order valence-corrected chi connectivity index (χ3v) is 14.2. The van der Waals surface area contributed by atoms with Crippen molar-refractivity contribution < 1.29 is 47.6 Å². The van der Waals surface area contributed by atoms with E-state index in [1.54, 1.807) is 37.3 Å². The largest absolute Gasteiger partial charge is 0.542 e. The summed E-state index contributed by atoms with van der Waals surface area (Å²) in [4.78, 5) is 68.3. The van der Waals surface area contributed by atoms with E-state index in [-0.39, 0.29) is 84.5 Å². The maximum absolute atomic E-state index is 13.8. The predicted octanol–water partition coefficient (Wildman–Crippen LogP) is 7.47. The van der Waals surface area contributed by atoms with E-state index in [9.17, 15) is 24.0 Å². The number of Topliss-reactive ketones (excluding diaryl/α,β-unsaturated/α-hetero) is 3. The summed E-state index contributed by atoms with van der Waals surface area (Å²) >= 11 is 9.34. The summed E-state index contributed by atoms with van der Waals surface area (Å²) in [7, 11) is 8.56. The number of methoxy groups -OCH3 is 2. The Hall–Kier alpha value is -4.92. The first-order valence-corrected chi connectivity index (χ1v) is 21.2. The molecule has 0 bridgehead atoms. The molecule has 0 N–H and O–H groups in total. The molecule has 306 valence electrons. The molecule has 0 spiro atoms. The minimum atomic E-state index is -1.27. The molecule has 1 unspecified atom stereocenters. The first kappa shape index (κ1) is 43.7. The van der Waals surface area contributed by atoms with Crippen LogP contribution in [0.5, 0.6) is 23.0 Å². The number of β-lactam (4-membered cyclic amide) rings is 1. The van der Waals surface area contributed by atoms with E-state index >= 15 is 0 Å². The van der Waals surface area contributed by atoms with Gasteiger partial charge in [-0.05, 0) is 64.8 Å². The van der Waals surface area contributed by atoms with Crippen molar-refractivity contribution in [3.63, 3.8) is 0 Å². The van der Waals surface area contributed by atoms with E-state index in [0.29, 0.717) is 17.9 Å². The molecule has 4 aromatic carbocycles. The molecule has 6 rings (SSSR count). The summed E-state index contributed by atoms with van der Waals surface area (Å²) in [6, 6.07) is 26.9. The average molecular weight is 856 g/mol. The number of thioether (sulfide) groups is 2. The number of halogens is 1. The monoisotopic (exact) mass is 855 g/mol. The van der Waals surface area contributed by atoms with Gasteiger partial charge in [0, 0.05) is 24.8 Å². The second kappa shape index (κ2) is 19.9. The van der Waals surface area contributed by atoms with Crippen molar-refractivity contribution in [3.8, 4) is 23.0 Å². The molecule has 1 amide bonds. The zero-order chi connectivity index (χ0) is 42.1. The molecule has 0 saturated carbocycles. The zero-order valence-corrected chi connectivity index (χ0v) is 35.2. The Bertz CT molecular complexity index is 2160. The number of nitrogens with zero attached hydrogens (tertiary/aromatic N) is 1. The number of hydrogen-bond donors (Lipinski definition) is 0. The molecule has 2 aliphatic rings. The number of carbonyl (C=O) groups is 5. The van der Waals surface area contributed by atoms with Crippen LogP contribution >= 0.6 is 35.1 Å². The lowest BCUT2D eigenvalue weighted by Gasteiger charge is -2.41. The molecule has 0 aromatic heterocycles. The number of carbonyl (C=O) groups excluding carboxylic acids is 5. The van der Waals surface area contributed by atoms with Gasteiger partial charge in [0.15, 0.2) is 15.6 Å². The molecule has 59 heavy (non-hydrogen) atoms. The van der Waals surface area contributed by atoms with Crippen LogP contribution in [0, 0.1) is 11.8 Å². The normalized spacial score (nSPS) is 18.6. The first-order chi connectivity index (χ1) is 28.5. The zero-order valence-electron chi connectivity index (χ0n) is 32.9. The standard InChI is InChI=1S/C44H43BClNO10S2/c1-4-27(25-58-44(43(52)57-45)26-47-41(51)35(42(47)59-44)22-31(48)20-28-8-6-5-7-9-28)21-36(49)39(50)34-18-19-37(55-23-29-10-14-32(53-2)15-11-29)40(38(34)46)56-24-30-12-16-33(54-3)17-13-30/h5-19,27,35,42H,4,20-26H2,1-3H3/t27-,35?,42+,44+/m0/s1. The van der Waals surface area contributed by atoms with Crippen molar-refractivity contribution in [2.45, 2.75) is 55.3 Å². The molecule has 15 heteroatoms.